The van der Waals surface area contributed by atoms with E-state index in [9.17, 15) is 0 Å². The second-order valence-corrected chi connectivity index (χ2v) is 4.17. The lowest BCUT2D eigenvalue weighted by atomic mass is 10.2. The molecule has 18 heavy (non-hydrogen) atoms. The minimum Gasteiger partial charge on any atom is -0.361 e. The third-order valence-corrected chi connectivity index (χ3v) is 3.06. The minimum absolute atomic E-state index is 0.810. The molecule has 96 valence electrons. The molecule has 2 rings (SSSR count). The lowest BCUT2D eigenvalue weighted by Crippen LogP contribution is -2.25. The Bertz CT molecular complexity index is 463. The molecule has 2 aromatic rings. The molecule has 2 heterocycles. The van der Waals surface area contributed by atoms with Gasteiger partial charge in [-0.05, 0) is 25.2 Å². The van der Waals surface area contributed by atoms with Crippen molar-refractivity contribution in [2.45, 2.75) is 20.3 Å². The number of likely N-dealkylation sites (N-methyl/N-ethyl adjacent to an activating group) is 1. The topological polar surface area (TPSA) is 42.2 Å². The van der Waals surface area contributed by atoms with E-state index in [0.29, 0.717) is 0 Å². The van der Waals surface area contributed by atoms with E-state index in [1.165, 1.54) is 0 Å². The number of nitrogens with zero attached hydrogens (tertiary/aromatic N) is 3. The van der Waals surface area contributed by atoms with Gasteiger partial charge in [-0.1, -0.05) is 25.1 Å². The first kappa shape index (κ1) is 12.8. The van der Waals surface area contributed by atoms with Gasteiger partial charge in [-0.15, -0.1) is 0 Å². The van der Waals surface area contributed by atoms with E-state index in [1.54, 1.807) is 6.20 Å². The van der Waals surface area contributed by atoms with Crippen molar-refractivity contribution in [3.63, 3.8) is 0 Å². The Morgan fingerprint density at radius 3 is 2.67 bits per heavy atom. The third kappa shape index (κ3) is 3.17. The zero-order valence-electron chi connectivity index (χ0n) is 11.0. The molecule has 2 aromatic heterocycles. The highest BCUT2D eigenvalue weighted by Gasteiger charge is 2.08. The molecular formula is C14H19N3O. The van der Waals surface area contributed by atoms with Gasteiger partial charge in [0.1, 0.15) is 11.5 Å². The van der Waals surface area contributed by atoms with Gasteiger partial charge in [-0.2, -0.15) is 0 Å². The standard InChI is InChI=1S/C14H19N3O/c1-3-17(4-2)10-8-12-11-14(16-18-12)13-7-5-6-9-15-13/h5-7,9,11H,3-4,8,10H2,1-2H3. The summed E-state index contributed by atoms with van der Waals surface area (Å²) in [5, 5.41) is 4.06. The van der Waals surface area contributed by atoms with Gasteiger partial charge in [0.25, 0.3) is 0 Å². The van der Waals surface area contributed by atoms with Crippen molar-refractivity contribution in [2.75, 3.05) is 19.6 Å². The number of aromatic nitrogens is 2. The van der Waals surface area contributed by atoms with Crippen LogP contribution in [0.15, 0.2) is 35.0 Å². The monoisotopic (exact) mass is 245 g/mol. The molecule has 0 aliphatic carbocycles. The van der Waals surface area contributed by atoms with Crippen LogP contribution in [0.5, 0.6) is 0 Å². The Hall–Kier alpha value is -1.68. The molecule has 0 aliphatic rings. The van der Waals surface area contributed by atoms with Gasteiger partial charge in [-0.3, -0.25) is 4.98 Å². The van der Waals surface area contributed by atoms with Crippen LogP contribution in [-0.4, -0.2) is 34.7 Å². The first-order chi connectivity index (χ1) is 8.83. The van der Waals surface area contributed by atoms with Crippen LogP contribution in [0.2, 0.25) is 0 Å². The number of hydrogen-bond acceptors (Lipinski definition) is 4. The fourth-order valence-electron chi connectivity index (χ4n) is 1.87. The molecule has 0 N–H and O–H groups in total. The second-order valence-electron chi connectivity index (χ2n) is 4.17. The Balaban J connectivity index is 1.98. The smallest absolute Gasteiger partial charge is 0.138 e. The molecule has 0 saturated carbocycles. The van der Waals surface area contributed by atoms with Crippen LogP contribution < -0.4 is 0 Å². The van der Waals surface area contributed by atoms with Crippen molar-refractivity contribution in [1.29, 1.82) is 0 Å². The Labute approximate surface area is 108 Å². The molecule has 0 unspecified atom stereocenters. The summed E-state index contributed by atoms with van der Waals surface area (Å²) in [6.07, 6.45) is 2.65. The fourth-order valence-corrected chi connectivity index (χ4v) is 1.87. The zero-order valence-corrected chi connectivity index (χ0v) is 11.0. The minimum atomic E-state index is 0.810. The average Bonchev–Trinajstić information content (AvgIpc) is 2.90. The highest BCUT2D eigenvalue weighted by molar-refractivity contribution is 5.52. The zero-order chi connectivity index (χ0) is 12.8. The average molecular weight is 245 g/mol. The van der Waals surface area contributed by atoms with Gasteiger partial charge >= 0.3 is 0 Å². The fraction of sp³-hybridized carbons (Fsp3) is 0.429. The van der Waals surface area contributed by atoms with Crippen molar-refractivity contribution >= 4 is 0 Å². The summed E-state index contributed by atoms with van der Waals surface area (Å²) in [4.78, 5) is 6.62. The molecule has 0 fully saturated rings. The number of hydrogen-bond donors (Lipinski definition) is 0. The highest BCUT2D eigenvalue weighted by atomic mass is 16.5. The van der Waals surface area contributed by atoms with E-state index in [1.807, 2.05) is 24.3 Å². The largest absolute Gasteiger partial charge is 0.361 e. The third-order valence-electron chi connectivity index (χ3n) is 3.06. The van der Waals surface area contributed by atoms with Crippen LogP contribution in [0, 0.1) is 0 Å². The quantitative estimate of drug-likeness (QED) is 0.784. The first-order valence-corrected chi connectivity index (χ1v) is 6.42. The Kier molecular flexibility index (Phi) is 4.47. The summed E-state index contributed by atoms with van der Waals surface area (Å²) in [5.41, 5.74) is 1.67. The lowest BCUT2D eigenvalue weighted by molar-refractivity contribution is 0.290. The molecule has 0 atom stereocenters. The van der Waals surface area contributed by atoms with Gasteiger partial charge < -0.3 is 9.42 Å². The maximum atomic E-state index is 5.34. The summed E-state index contributed by atoms with van der Waals surface area (Å²) in [7, 11) is 0. The Morgan fingerprint density at radius 2 is 2.00 bits per heavy atom. The van der Waals surface area contributed by atoms with E-state index in [2.05, 4.69) is 28.9 Å². The maximum absolute atomic E-state index is 5.34. The molecule has 0 saturated heterocycles. The van der Waals surface area contributed by atoms with Gasteiger partial charge in [-0.25, -0.2) is 0 Å². The van der Waals surface area contributed by atoms with Gasteiger partial charge in [0.05, 0.1) is 5.69 Å². The molecule has 0 aliphatic heterocycles. The van der Waals surface area contributed by atoms with Crippen LogP contribution in [0.3, 0.4) is 0 Å². The van der Waals surface area contributed by atoms with Gasteiger partial charge in [0, 0.05) is 25.2 Å². The highest BCUT2D eigenvalue weighted by Crippen LogP contribution is 2.16. The van der Waals surface area contributed by atoms with E-state index in [-0.39, 0.29) is 0 Å². The van der Waals surface area contributed by atoms with Crippen LogP contribution in [0.1, 0.15) is 19.6 Å². The van der Waals surface area contributed by atoms with Crippen molar-refractivity contribution in [2.24, 2.45) is 0 Å². The molecule has 0 spiro atoms. The van der Waals surface area contributed by atoms with Gasteiger partial charge in [0.15, 0.2) is 0 Å². The summed E-state index contributed by atoms with van der Waals surface area (Å²) < 4.78 is 5.34. The second kappa shape index (κ2) is 6.31. The Morgan fingerprint density at radius 1 is 1.17 bits per heavy atom. The molecule has 0 radical (unpaired) electrons. The number of pyridine rings is 1. The summed E-state index contributed by atoms with van der Waals surface area (Å²) in [5.74, 6) is 0.919. The molecule has 4 nitrogen and oxygen atoms in total. The van der Waals surface area contributed by atoms with Crippen molar-refractivity contribution in [3.05, 3.63) is 36.2 Å². The van der Waals surface area contributed by atoms with Crippen molar-refractivity contribution < 1.29 is 4.52 Å². The SMILES string of the molecule is CCN(CC)CCc1cc(-c2ccccn2)no1. The molecule has 0 bridgehead atoms. The van der Waals surface area contributed by atoms with E-state index >= 15 is 0 Å². The van der Waals surface area contributed by atoms with Crippen LogP contribution in [0.4, 0.5) is 0 Å². The normalized spacial score (nSPS) is 11.1. The lowest BCUT2D eigenvalue weighted by Gasteiger charge is -2.16. The van der Waals surface area contributed by atoms with E-state index in [0.717, 1.165) is 43.2 Å². The van der Waals surface area contributed by atoms with Crippen LogP contribution >= 0.6 is 0 Å². The molecule has 4 heteroatoms. The molecule has 0 aromatic carbocycles. The van der Waals surface area contributed by atoms with Crippen LogP contribution in [0.25, 0.3) is 11.4 Å². The van der Waals surface area contributed by atoms with E-state index in [4.69, 9.17) is 4.52 Å². The summed E-state index contributed by atoms with van der Waals surface area (Å²) >= 11 is 0. The predicted octanol–water partition coefficient (Wildman–Crippen LogP) is 2.62. The van der Waals surface area contributed by atoms with Crippen molar-refractivity contribution in [1.82, 2.24) is 15.0 Å². The maximum Gasteiger partial charge on any atom is 0.138 e. The molecular weight excluding hydrogens is 226 g/mol. The summed E-state index contributed by atoms with van der Waals surface area (Å²) in [6, 6.07) is 7.76. The van der Waals surface area contributed by atoms with E-state index < -0.39 is 0 Å². The predicted molar refractivity (Wildman–Crippen MR) is 71.2 cm³/mol. The first-order valence-electron chi connectivity index (χ1n) is 6.42. The number of rotatable bonds is 6. The summed E-state index contributed by atoms with van der Waals surface area (Å²) in [6.45, 7) is 7.48. The molecule has 0 amide bonds. The van der Waals surface area contributed by atoms with Gasteiger partial charge in [0.2, 0.25) is 0 Å². The van der Waals surface area contributed by atoms with Crippen molar-refractivity contribution in [3.8, 4) is 11.4 Å². The van der Waals surface area contributed by atoms with Crippen LogP contribution in [-0.2, 0) is 6.42 Å².